The lowest BCUT2D eigenvalue weighted by molar-refractivity contribution is -0.862. The van der Waals surface area contributed by atoms with Gasteiger partial charge < -0.3 is 20.3 Å². The second kappa shape index (κ2) is 9.94. The van der Waals surface area contributed by atoms with Crippen LogP contribution in [0.2, 0.25) is 5.02 Å². The molecule has 2 aromatic carbocycles. The number of ether oxygens (including phenoxy) is 1. The van der Waals surface area contributed by atoms with Crippen molar-refractivity contribution in [1.82, 2.24) is 5.32 Å². The Morgan fingerprint density at radius 3 is 2.52 bits per heavy atom. The number of hydrogen-bond donors (Lipinski definition) is 3. The van der Waals surface area contributed by atoms with Gasteiger partial charge in [0, 0.05) is 11.6 Å². The Morgan fingerprint density at radius 2 is 1.81 bits per heavy atom. The summed E-state index contributed by atoms with van der Waals surface area (Å²) in [4.78, 5) is 25.1. The summed E-state index contributed by atoms with van der Waals surface area (Å²) in [6.07, 6.45) is 0. The van der Waals surface area contributed by atoms with Crippen LogP contribution in [0.1, 0.15) is 11.1 Å². The van der Waals surface area contributed by atoms with E-state index in [1.165, 1.54) is 7.11 Å². The van der Waals surface area contributed by atoms with Gasteiger partial charge in [-0.3, -0.25) is 9.59 Å². The van der Waals surface area contributed by atoms with Gasteiger partial charge in [-0.1, -0.05) is 35.9 Å². The van der Waals surface area contributed by atoms with Gasteiger partial charge in [-0.25, -0.2) is 0 Å². The van der Waals surface area contributed by atoms with Crippen molar-refractivity contribution < 1.29 is 19.2 Å². The van der Waals surface area contributed by atoms with Gasteiger partial charge in [-0.2, -0.15) is 0 Å². The highest BCUT2D eigenvalue weighted by Gasteiger charge is 2.16. The molecule has 0 heterocycles. The third-order valence-electron chi connectivity index (χ3n) is 4.10. The van der Waals surface area contributed by atoms with E-state index < -0.39 is 0 Å². The van der Waals surface area contributed by atoms with Crippen LogP contribution in [0.3, 0.4) is 0 Å². The molecule has 0 saturated heterocycles. The topological polar surface area (TPSA) is 71.9 Å². The van der Waals surface area contributed by atoms with E-state index >= 15 is 0 Å². The zero-order chi connectivity index (χ0) is 19.8. The molecule has 2 amide bonds. The molecule has 7 heteroatoms. The van der Waals surface area contributed by atoms with E-state index in [-0.39, 0.29) is 24.9 Å². The molecule has 0 spiro atoms. The summed E-state index contributed by atoms with van der Waals surface area (Å²) in [7, 11) is 3.32. The summed E-state index contributed by atoms with van der Waals surface area (Å²) in [5.74, 6) is 0.199. The second-order valence-electron chi connectivity index (χ2n) is 6.41. The highest BCUT2D eigenvalue weighted by Crippen LogP contribution is 2.27. The average molecular weight is 391 g/mol. The third kappa shape index (κ3) is 6.58. The molecule has 0 bridgehead atoms. The maximum Gasteiger partial charge on any atom is 0.279 e. The Kier molecular flexibility index (Phi) is 7.64. The van der Waals surface area contributed by atoms with Crippen LogP contribution >= 0.6 is 11.6 Å². The van der Waals surface area contributed by atoms with Crippen LogP contribution in [0.15, 0.2) is 42.5 Å². The van der Waals surface area contributed by atoms with E-state index in [1.807, 2.05) is 31.2 Å². The number of nitrogens with one attached hydrogen (secondary N) is 3. The molecular weight excluding hydrogens is 366 g/mol. The van der Waals surface area contributed by atoms with E-state index in [0.29, 0.717) is 23.0 Å². The number of likely N-dealkylation sites (N-methyl/N-ethyl adjacent to an activating group) is 1. The summed E-state index contributed by atoms with van der Waals surface area (Å²) in [5, 5.41) is 6.16. The molecule has 0 fully saturated rings. The minimum atomic E-state index is -0.222. The number of benzene rings is 2. The van der Waals surface area contributed by atoms with Gasteiger partial charge in [0.1, 0.15) is 5.75 Å². The van der Waals surface area contributed by atoms with E-state index in [2.05, 4.69) is 10.6 Å². The Bertz CT molecular complexity index is 811. The maximum atomic E-state index is 12.2. The SMILES string of the molecule is COc1ccc(Cl)cc1NC(=O)C[NH+](C)CC(=O)NCc1ccccc1C. The number of quaternary nitrogens is 1. The molecule has 144 valence electrons. The molecule has 0 aliphatic heterocycles. The predicted octanol–water partition coefficient (Wildman–Crippen LogP) is 1.43. The summed E-state index contributed by atoms with van der Waals surface area (Å²) >= 11 is 5.96. The van der Waals surface area contributed by atoms with Crippen LogP contribution < -0.4 is 20.3 Å². The lowest BCUT2D eigenvalue weighted by atomic mass is 10.1. The van der Waals surface area contributed by atoms with Crippen molar-refractivity contribution in [3.05, 3.63) is 58.6 Å². The first-order valence-corrected chi connectivity index (χ1v) is 9.02. The minimum Gasteiger partial charge on any atom is -0.495 e. The number of rotatable bonds is 8. The van der Waals surface area contributed by atoms with Crippen LogP contribution in [0, 0.1) is 6.92 Å². The molecule has 0 radical (unpaired) electrons. The van der Waals surface area contributed by atoms with Crippen molar-refractivity contribution in [2.24, 2.45) is 0 Å². The lowest BCUT2D eigenvalue weighted by Crippen LogP contribution is -3.11. The van der Waals surface area contributed by atoms with Gasteiger partial charge >= 0.3 is 0 Å². The van der Waals surface area contributed by atoms with Crippen molar-refractivity contribution >= 4 is 29.1 Å². The number of carbonyl (C=O) groups is 2. The molecule has 1 unspecified atom stereocenters. The number of methoxy groups -OCH3 is 1. The van der Waals surface area contributed by atoms with Gasteiger partial charge in [0.05, 0.1) is 19.8 Å². The highest BCUT2D eigenvalue weighted by atomic mass is 35.5. The largest absolute Gasteiger partial charge is 0.495 e. The van der Waals surface area contributed by atoms with Crippen molar-refractivity contribution in [1.29, 1.82) is 0 Å². The minimum absolute atomic E-state index is 0.108. The van der Waals surface area contributed by atoms with Crippen molar-refractivity contribution in [2.45, 2.75) is 13.5 Å². The predicted molar refractivity (Wildman–Crippen MR) is 106 cm³/mol. The summed E-state index contributed by atoms with van der Waals surface area (Å²) in [6, 6.07) is 12.9. The lowest BCUT2D eigenvalue weighted by Gasteiger charge is -2.15. The Morgan fingerprint density at radius 1 is 1.11 bits per heavy atom. The molecule has 0 aliphatic carbocycles. The number of carbonyl (C=O) groups excluding carboxylic acids is 2. The van der Waals surface area contributed by atoms with Gasteiger partial charge in [-0.15, -0.1) is 0 Å². The average Bonchev–Trinajstić information content (AvgIpc) is 2.61. The zero-order valence-corrected chi connectivity index (χ0v) is 16.5. The molecule has 0 saturated carbocycles. The standard InChI is InChI=1S/C20H24ClN3O3/c1-14-6-4-5-7-15(14)11-22-19(25)12-24(2)13-20(26)23-17-10-16(21)8-9-18(17)27-3/h4-10H,11-13H2,1-3H3,(H,22,25)(H,23,26)/p+1. The Labute approximate surface area is 164 Å². The first-order chi connectivity index (χ1) is 12.9. The van der Waals surface area contributed by atoms with Crippen LogP contribution in [-0.2, 0) is 16.1 Å². The molecular formula is C20H25ClN3O3+. The summed E-state index contributed by atoms with van der Waals surface area (Å²) in [6.45, 7) is 2.83. The van der Waals surface area contributed by atoms with Crippen LogP contribution in [0.4, 0.5) is 5.69 Å². The summed E-state index contributed by atoms with van der Waals surface area (Å²) < 4.78 is 5.21. The zero-order valence-electron chi connectivity index (χ0n) is 15.8. The molecule has 27 heavy (non-hydrogen) atoms. The van der Waals surface area contributed by atoms with Gasteiger partial charge in [0.15, 0.2) is 13.1 Å². The fraction of sp³-hybridized carbons (Fsp3) is 0.300. The van der Waals surface area contributed by atoms with Crippen molar-refractivity contribution in [2.75, 3.05) is 32.6 Å². The first kappa shape index (κ1) is 20.7. The van der Waals surface area contributed by atoms with Gasteiger partial charge in [0.2, 0.25) is 0 Å². The van der Waals surface area contributed by atoms with Crippen LogP contribution in [0.25, 0.3) is 0 Å². The Balaban J connectivity index is 1.81. The van der Waals surface area contributed by atoms with Gasteiger partial charge in [0.25, 0.3) is 11.8 Å². The quantitative estimate of drug-likeness (QED) is 0.638. The van der Waals surface area contributed by atoms with E-state index in [0.717, 1.165) is 16.0 Å². The fourth-order valence-electron chi connectivity index (χ4n) is 2.65. The molecule has 3 N–H and O–H groups in total. The molecule has 0 aromatic heterocycles. The van der Waals surface area contributed by atoms with E-state index in [9.17, 15) is 9.59 Å². The van der Waals surface area contributed by atoms with Crippen molar-refractivity contribution in [3.8, 4) is 5.75 Å². The molecule has 1 atom stereocenters. The Hall–Kier alpha value is -2.57. The molecule has 2 aromatic rings. The highest BCUT2D eigenvalue weighted by molar-refractivity contribution is 6.31. The first-order valence-electron chi connectivity index (χ1n) is 8.65. The smallest absolute Gasteiger partial charge is 0.279 e. The molecule has 0 aliphatic rings. The number of amides is 2. The number of halogens is 1. The molecule has 6 nitrogen and oxygen atoms in total. The van der Waals surface area contributed by atoms with E-state index in [1.54, 1.807) is 25.2 Å². The van der Waals surface area contributed by atoms with E-state index in [4.69, 9.17) is 16.3 Å². The van der Waals surface area contributed by atoms with Crippen molar-refractivity contribution in [3.63, 3.8) is 0 Å². The number of anilines is 1. The van der Waals surface area contributed by atoms with Crippen LogP contribution in [-0.4, -0.2) is 39.1 Å². The van der Waals surface area contributed by atoms with Gasteiger partial charge in [-0.05, 0) is 36.2 Å². The fourth-order valence-corrected chi connectivity index (χ4v) is 2.82. The maximum absolute atomic E-state index is 12.2. The monoisotopic (exact) mass is 390 g/mol. The third-order valence-corrected chi connectivity index (χ3v) is 4.33. The molecule has 2 rings (SSSR count). The number of hydrogen-bond acceptors (Lipinski definition) is 3. The van der Waals surface area contributed by atoms with Crippen LogP contribution in [0.5, 0.6) is 5.75 Å². The normalized spacial score (nSPS) is 11.6. The second-order valence-corrected chi connectivity index (χ2v) is 6.84. The summed E-state index contributed by atoms with van der Waals surface area (Å²) in [5.41, 5.74) is 2.72. The number of aryl methyl sites for hydroxylation is 1.